The molecular formula is C11H16O2. The van der Waals surface area contributed by atoms with Crippen molar-refractivity contribution in [1.82, 2.24) is 0 Å². The SMILES string of the molecule is CCCCCC1C(=O)C=CCC1=O. The molecule has 0 N–H and O–H groups in total. The molecular weight excluding hydrogens is 164 g/mol. The summed E-state index contributed by atoms with van der Waals surface area (Å²) >= 11 is 0. The summed E-state index contributed by atoms with van der Waals surface area (Å²) in [5.41, 5.74) is 0. The van der Waals surface area contributed by atoms with Gasteiger partial charge in [-0.1, -0.05) is 32.3 Å². The van der Waals surface area contributed by atoms with Crippen molar-refractivity contribution in [3.63, 3.8) is 0 Å². The number of hydrogen-bond acceptors (Lipinski definition) is 2. The van der Waals surface area contributed by atoms with E-state index in [2.05, 4.69) is 6.92 Å². The maximum atomic E-state index is 11.3. The van der Waals surface area contributed by atoms with Gasteiger partial charge in [0, 0.05) is 6.42 Å². The third-order valence-corrected chi connectivity index (χ3v) is 2.43. The Balaban J connectivity index is 2.42. The molecule has 0 aromatic heterocycles. The van der Waals surface area contributed by atoms with Gasteiger partial charge in [-0.3, -0.25) is 9.59 Å². The topological polar surface area (TPSA) is 34.1 Å². The number of allylic oxidation sites excluding steroid dienone is 2. The van der Waals surface area contributed by atoms with Crippen LogP contribution < -0.4 is 0 Å². The molecule has 0 saturated heterocycles. The minimum Gasteiger partial charge on any atom is -0.299 e. The first-order chi connectivity index (χ1) is 6.25. The molecule has 0 radical (unpaired) electrons. The molecule has 1 aliphatic rings. The molecule has 13 heavy (non-hydrogen) atoms. The van der Waals surface area contributed by atoms with Crippen LogP contribution in [0.25, 0.3) is 0 Å². The summed E-state index contributed by atoms with van der Waals surface area (Å²) in [6.45, 7) is 2.12. The third kappa shape index (κ3) is 2.79. The predicted molar refractivity (Wildman–Crippen MR) is 51.4 cm³/mol. The van der Waals surface area contributed by atoms with Crippen molar-refractivity contribution in [3.8, 4) is 0 Å². The van der Waals surface area contributed by atoms with Crippen LogP contribution in [0, 0.1) is 5.92 Å². The van der Waals surface area contributed by atoms with E-state index in [1.165, 1.54) is 0 Å². The standard InChI is InChI=1S/C11H16O2/c1-2-3-4-6-9-10(12)7-5-8-11(9)13/h5,7,9H,2-4,6,8H2,1H3. The van der Waals surface area contributed by atoms with Crippen LogP contribution in [-0.4, -0.2) is 11.6 Å². The van der Waals surface area contributed by atoms with Crippen molar-refractivity contribution in [2.75, 3.05) is 0 Å². The maximum absolute atomic E-state index is 11.3. The van der Waals surface area contributed by atoms with Crippen molar-refractivity contribution >= 4 is 11.6 Å². The van der Waals surface area contributed by atoms with Crippen LogP contribution in [0.1, 0.15) is 39.0 Å². The molecule has 0 aromatic rings. The van der Waals surface area contributed by atoms with Gasteiger partial charge in [0.05, 0.1) is 5.92 Å². The number of ketones is 2. The molecule has 1 unspecified atom stereocenters. The zero-order valence-electron chi connectivity index (χ0n) is 8.08. The van der Waals surface area contributed by atoms with E-state index in [1.807, 2.05) is 0 Å². The molecule has 72 valence electrons. The van der Waals surface area contributed by atoms with Gasteiger partial charge in [0.1, 0.15) is 5.78 Å². The van der Waals surface area contributed by atoms with E-state index in [-0.39, 0.29) is 17.5 Å². The van der Waals surface area contributed by atoms with Gasteiger partial charge >= 0.3 is 0 Å². The fraction of sp³-hybridized carbons (Fsp3) is 0.636. The summed E-state index contributed by atoms with van der Waals surface area (Å²) in [4.78, 5) is 22.6. The Hall–Kier alpha value is -0.920. The van der Waals surface area contributed by atoms with Gasteiger partial charge in [-0.15, -0.1) is 0 Å². The van der Waals surface area contributed by atoms with E-state index in [0.717, 1.165) is 25.7 Å². The van der Waals surface area contributed by atoms with Gasteiger partial charge in [0.2, 0.25) is 0 Å². The van der Waals surface area contributed by atoms with E-state index in [1.54, 1.807) is 12.2 Å². The van der Waals surface area contributed by atoms with Gasteiger partial charge < -0.3 is 0 Å². The normalized spacial score (nSPS) is 22.4. The molecule has 0 amide bonds. The van der Waals surface area contributed by atoms with Crippen molar-refractivity contribution < 1.29 is 9.59 Å². The number of unbranched alkanes of at least 4 members (excludes halogenated alkanes) is 2. The Labute approximate surface area is 79.0 Å². The van der Waals surface area contributed by atoms with Crippen molar-refractivity contribution in [1.29, 1.82) is 0 Å². The van der Waals surface area contributed by atoms with E-state index in [0.29, 0.717) is 6.42 Å². The van der Waals surface area contributed by atoms with E-state index >= 15 is 0 Å². The lowest BCUT2D eigenvalue weighted by Crippen LogP contribution is -2.25. The fourth-order valence-electron chi connectivity index (χ4n) is 1.61. The molecule has 1 aliphatic carbocycles. The van der Waals surface area contributed by atoms with Crippen LogP contribution in [0.3, 0.4) is 0 Å². The van der Waals surface area contributed by atoms with Crippen LogP contribution in [0.2, 0.25) is 0 Å². The highest BCUT2D eigenvalue weighted by Gasteiger charge is 2.25. The summed E-state index contributed by atoms with van der Waals surface area (Å²) in [6.07, 6.45) is 7.65. The average molecular weight is 180 g/mol. The highest BCUT2D eigenvalue weighted by atomic mass is 16.1. The predicted octanol–water partition coefficient (Wildman–Crippen LogP) is 2.28. The minimum absolute atomic E-state index is 0.00681. The number of hydrogen-bond donors (Lipinski definition) is 0. The van der Waals surface area contributed by atoms with Gasteiger partial charge in [-0.2, -0.15) is 0 Å². The second kappa shape index (κ2) is 4.95. The molecule has 1 rings (SSSR count). The first-order valence-corrected chi connectivity index (χ1v) is 4.98. The Morgan fingerprint density at radius 3 is 2.77 bits per heavy atom. The van der Waals surface area contributed by atoms with E-state index < -0.39 is 0 Å². The summed E-state index contributed by atoms with van der Waals surface area (Å²) in [7, 11) is 0. The Morgan fingerprint density at radius 1 is 1.38 bits per heavy atom. The Morgan fingerprint density at radius 2 is 2.15 bits per heavy atom. The van der Waals surface area contributed by atoms with Crippen LogP contribution in [-0.2, 0) is 9.59 Å². The largest absolute Gasteiger partial charge is 0.299 e. The molecule has 0 fully saturated rings. The molecule has 0 saturated carbocycles. The highest BCUT2D eigenvalue weighted by Crippen LogP contribution is 2.18. The highest BCUT2D eigenvalue weighted by molar-refractivity contribution is 6.10. The quantitative estimate of drug-likeness (QED) is 0.491. The molecule has 2 nitrogen and oxygen atoms in total. The summed E-state index contributed by atoms with van der Waals surface area (Å²) in [5.74, 6) is -0.215. The lowest BCUT2D eigenvalue weighted by atomic mass is 9.87. The number of Topliss-reactive ketones (excluding diaryl/α,β-unsaturated/α-hetero) is 1. The zero-order valence-corrected chi connectivity index (χ0v) is 8.08. The molecule has 0 aliphatic heterocycles. The monoisotopic (exact) mass is 180 g/mol. The van der Waals surface area contributed by atoms with Crippen LogP contribution in [0.4, 0.5) is 0 Å². The third-order valence-electron chi connectivity index (χ3n) is 2.43. The molecule has 0 heterocycles. The van der Waals surface area contributed by atoms with Crippen molar-refractivity contribution in [2.24, 2.45) is 5.92 Å². The lowest BCUT2D eigenvalue weighted by Gasteiger charge is -2.14. The minimum atomic E-state index is -0.323. The second-order valence-electron chi connectivity index (χ2n) is 3.52. The van der Waals surface area contributed by atoms with Crippen LogP contribution >= 0.6 is 0 Å². The number of rotatable bonds is 4. The fourth-order valence-corrected chi connectivity index (χ4v) is 1.61. The lowest BCUT2D eigenvalue weighted by molar-refractivity contribution is -0.130. The first-order valence-electron chi connectivity index (χ1n) is 4.98. The number of carbonyl (C=O) groups is 2. The second-order valence-corrected chi connectivity index (χ2v) is 3.52. The average Bonchev–Trinajstić information content (AvgIpc) is 2.10. The van der Waals surface area contributed by atoms with Crippen molar-refractivity contribution in [2.45, 2.75) is 39.0 Å². The van der Waals surface area contributed by atoms with Gasteiger partial charge in [0.25, 0.3) is 0 Å². The smallest absolute Gasteiger partial charge is 0.165 e. The molecule has 0 spiro atoms. The Kier molecular flexibility index (Phi) is 3.87. The summed E-state index contributed by atoms with van der Waals surface area (Å²) in [6, 6.07) is 0. The van der Waals surface area contributed by atoms with Crippen LogP contribution in [0.15, 0.2) is 12.2 Å². The van der Waals surface area contributed by atoms with Gasteiger partial charge in [-0.25, -0.2) is 0 Å². The maximum Gasteiger partial charge on any atom is 0.165 e. The summed E-state index contributed by atoms with van der Waals surface area (Å²) < 4.78 is 0. The van der Waals surface area contributed by atoms with Gasteiger partial charge in [0.15, 0.2) is 5.78 Å². The summed E-state index contributed by atoms with van der Waals surface area (Å²) in [5, 5.41) is 0. The number of carbonyl (C=O) groups excluding carboxylic acids is 2. The van der Waals surface area contributed by atoms with E-state index in [9.17, 15) is 9.59 Å². The molecule has 0 aromatic carbocycles. The van der Waals surface area contributed by atoms with Gasteiger partial charge in [-0.05, 0) is 12.5 Å². The van der Waals surface area contributed by atoms with E-state index in [4.69, 9.17) is 0 Å². The molecule has 0 bridgehead atoms. The molecule has 2 heteroatoms. The van der Waals surface area contributed by atoms with Crippen molar-refractivity contribution in [3.05, 3.63) is 12.2 Å². The molecule has 1 atom stereocenters. The zero-order chi connectivity index (χ0) is 9.68. The first kappa shape index (κ1) is 10.2. The Bertz CT molecular complexity index is 228. The van der Waals surface area contributed by atoms with Crippen LogP contribution in [0.5, 0.6) is 0 Å².